The van der Waals surface area contributed by atoms with E-state index in [1.165, 1.54) is 47.4 Å². The largest absolute Gasteiger partial charge is 0.494 e. The van der Waals surface area contributed by atoms with Gasteiger partial charge in [-0.05, 0) is 80.8 Å². The molecule has 1 amide bonds. The summed E-state index contributed by atoms with van der Waals surface area (Å²) in [6.45, 7) is 4.57. The highest BCUT2D eigenvalue weighted by molar-refractivity contribution is 5.72. The van der Waals surface area contributed by atoms with E-state index in [2.05, 4.69) is 0 Å². The molecule has 11 nitrogen and oxygen atoms in total. The zero-order valence-corrected chi connectivity index (χ0v) is 24.1. The Balaban J connectivity index is 1.57. The number of aryl methyl sites for hydroxylation is 1. The van der Waals surface area contributed by atoms with Gasteiger partial charge in [0.05, 0.1) is 24.1 Å². The number of halogens is 1. The van der Waals surface area contributed by atoms with Crippen LogP contribution >= 0.6 is 0 Å². The van der Waals surface area contributed by atoms with Crippen molar-refractivity contribution in [1.82, 2.24) is 4.90 Å². The van der Waals surface area contributed by atoms with E-state index in [0.717, 1.165) is 5.56 Å². The van der Waals surface area contributed by atoms with Crippen LogP contribution in [0, 0.1) is 22.9 Å². The maximum atomic E-state index is 13.1. The Labute approximate surface area is 248 Å². The summed E-state index contributed by atoms with van der Waals surface area (Å²) in [6, 6.07) is 16.8. The van der Waals surface area contributed by atoms with Crippen molar-refractivity contribution in [2.45, 2.75) is 39.2 Å². The van der Waals surface area contributed by atoms with Crippen molar-refractivity contribution in [2.75, 3.05) is 32.9 Å². The number of carboxylic acid groups (broad SMARTS) is 1. The molecular formula is C31H35FN2O9. The Hall–Kier alpha value is -4.71. The fourth-order valence-corrected chi connectivity index (χ4v) is 4.06. The summed E-state index contributed by atoms with van der Waals surface area (Å²) >= 11 is 0. The number of rotatable bonds is 17. The molecule has 1 N–H and O–H groups in total. The molecular weight excluding hydrogens is 563 g/mol. The number of nitro groups is 1. The molecule has 230 valence electrons. The summed E-state index contributed by atoms with van der Waals surface area (Å²) in [5, 5.41) is 20.6. The number of carboxylic acids is 1. The lowest BCUT2D eigenvalue weighted by Crippen LogP contribution is -2.37. The van der Waals surface area contributed by atoms with Gasteiger partial charge in [-0.2, -0.15) is 0 Å². The zero-order chi connectivity index (χ0) is 31.2. The molecule has 3 aromatic rings. The molecule has 0 heterocycles. The number of nitrogens with zero attached hydrogens (tertiary/aromatic N) is 2. The highest BCUT2D eigenvalue weighted by Crippen LogP contribution is 2.24. The lowest BCUT2D eigenvalue weighted by Gasteiger charge is -2.22. The molecule has 1 unspecified atom stereocenters. The Morgan fingerprint density at radius 2 is 1.56 bits per heavy atom. The van der Waals surface area contributed by atoms with E-state index in [1.807, 2.05) is 0 Å². The van der Waals surface area contributed by atoms with E-state index < -0.39 is 23.1 Å². The summed E-state index contributed by atoms with van der Waals surface area (Å²) in [6.07, 6.45) is -0.257. The fraction of sp³-hybridized carbons (Fsp3) is 0.355. The second-order valence-electron chi connectivity index (χ2n) is 9.55. The van der Waals surface area contributed by atoms with E-state index >= 15 is 0 Å². The molecule has 0 aromatic heterocycles. The number of aliphatic carboxylic acids is 1. The first-order valence-electron chi connectivity index (χ1n) is 13.8. The second kappa shape index (κ2) is 16.7. The van der Waals surface area contributed by atoms with E-state index in [0.29, 0.717) is 49.7 Å². The first-order chi connectivity index (χ1) is 20.7. The number of ether oxygens (including phenoxy) is 4. The second-order valence-corrected chi connectivity index (χ2v) is 9.55. The molecule has 43 heavy (non-hydrogen) atoms. The van der Waals surface area contributed by atoms with Crippen LogP contribution in [0.3, 0.4) is 0 Å². The normalized spacial score (nSPS) is 11.4. The molecule has 12 heteroatoms. The van der Waals surface area contributed by atoms with Crippen LogP contribution in [0.15, 0.2) is 66.7 Å². The van der Waals surface area contributed by atoms with Crippen molar-refractivity contribution in [3.8, 4) is 17.2 Å². The van der Waals surface area contributed by atoms with Crippen LogP contribution in [0.2, 0.25) is 0 Å². The van der Waals surface area contributed by atoms with Crippen molar-refractivity contribution < 1.29 is 43.0 Å². The van der Waals surface area contributed by atoms with Gasteiger partial charge >= 0.3 is 12.1 Å². The third-order valence-corrected chi connectivity index (χ3v) is 6.36. The van der Waals surface area contributed by atoms with Crippen molar-refractivity contribution in [2.24, 2.45) is 0 Å². The van der Waals surface area contributed by atoms with Gasteiger partial charge < -0.3 is 29.0 Å². The number of benzene rings is 3. The topological polar surface area (TPSA) is 138 Å². The number of hydrogen-bond donors (Lipinski definition) is 1. The Morgan fingerprint density at radius 3 is 2.19 bits per heavy atom. The number of hydrogen-bond acceptors (Lipinski definition) is 8. The zero-order valence-electron chi connectivity index (χ0n) is 24.1. The summed E-state index contributed by atoms with van der Waals surface area (Å²) in [5.41, 5.74) is 1.06. The third-order valence-electron chi connectivity index (χ3n) is 6.36. The van der Waals surface area contributed by atoms with Gasteiger partial charge in [-0.3, -0.25) is 10.1 Å². The molecule has 3 rings (SSSR count). The SMILES string of the molecule is CCOC(Cc1ccc(OCCN(CCCCOc2ccc(F)cc2)C(=O)Oc2ccc(C)c([N+](=O)[O-])c2)cc1)C(=O)O. The highest BCUT2D eigenvalue weighted by Gasteiger charge is 2.20. The van der Waals surface area contributed by atoms with Gasteiger partial charge in [0, 0.05) is 25.1 Å². The van der Waals surface area contributed by atoms with Gasteiger partial charge in [-0.25, -0.2) is 14.0 Å². The van der Waals surface area contributed by atoms with Crippen molar-refractivity contribution in [1.29, 1.82) is 0 Å². The maximum Gasteiger partial charge on any atom is 0.415 e. The fourth-order valence-electron chi connectivity index (χ4n) is 4.06. The lowest BCUT2D eigenvalue weighted by atomic mass is 10.1. The molecule has 0 bridgehead atoms. The third kappa shape index (κ3) is 10.9. The minimum absolute atomic E-state index is 0.0511. The monoisotopic (exact) mass is 598 g/mol. The van der Waals surface area contributed by atoms with E-state index in [4.69, 9.17) is 18.9 Å². The quantitative estimate of drug-likeness (QED) is 0.116. The first kappa shape index (κ1) is 32.8. The van der Waals surface area contributed by atoms with Crippen LogP contribution in [-0.2, 0) is 16.0 Å². The number of unbranched alkanes of at least 4 members (excludes halogenated alkanes) is 1. The van der Waals surface area contributed by atoms with Crippen LogP contribution in [0.25, 0.3) is 0 Å². The predicted molar refractivity (Wildman–Crippen MR) is 155 cm³/mol. The minimum atomic E-state index is -1.03. The smallest absolute Gasteiger partial charge is 0.415 e. The Kier molecular flexibility index (Phi) is 12.7. The number of carbonyl (C=O) groups excluding carboxylic acids is 1. The number of nitro benzene ring substituents is 1. The highest BCUT2D eigenvalue weighted by atomic mass is 19.1. The van der Waals surface area contributed by atoms with Gasteiger partial charge in [-0.1, -0.05) is 12.1 Å². The van der Waals surface area contributed by atoms with E-state index in [1.54, 1.807) is 38.1 Å². The molecule has 0 aliphatic carbocycles. The van der Waals surface area contributed by atoms with Crippen LogP contribution in [-0.4, -0.2) is 66.0 Å². The summed E-state index contributed by atoms with van der Waals surface area (Å²) in [7, 11) is 0. The molecule has 0 fully saturated rings. The molecule has 0 saturated carbocycles. The van der Waals surface area contributed by atoms with Gasteiger partial charge in [-0.15, -0.1) is 0 Å². The molecule has 0 aliphatic heterocycles. The van der Waals surface area contributed by atoms with Crippen molar-refractivity contribution in [3.05, 3.63) is 93.8 Å². The van der Waals surface area contributed by atoms with Gasteiger partial charge in [0.2, 0.25) is 0 Å². The molecule has 0 spiro atoms. The van der Waals surface area contributed by atoms with Gasteiger partial charge in [0.25, 0.3) is 5.69 Å². The molecule has 3 aromatic carbocycles. The predicted octanol–water partition coefficient (Wildman–Crippen LogP) is 5.81. The lowest BCUT2D eigenvalue weighted by molar-refractivity contribution is -0.385. The minimum Gasteiger partial charge on any atom is -0.494 e. The maximum absolute atomic E-state index is 13.1. The first-order valence-corrected chi connectivity index (χ1v) is 13.8. The average molecular weight is 599 g/mol. The molecule has 1 atom stereocenters. The van der Waals surface area contributed by atoms with Crippen LogP contribution in [0.5, 0.6) is 17.2 Å². The molecule has 0 radical (unpaired) electrons. The molecule has 0 saturated heterocycles. The Bertz CT molecular complexity index is 1350. The number of amides is 1. The Morgan fingerprint density at radius 1 is 0.930 bits per heavy atom. The van der Waals surface area contributed by atoms with Crippen LogP contribution in [0.4, 0.5) is 14.9 Å². The standard InChI is InChI=1S/C31H35FN2O9/c1-3-40-29(30(35)36)20-23-7-12-25(13-8-23)42-19-17-33(16-4-5-18-41-26-14-9-24(32)10-15-26)31(37)43-27-11-6-22(2)28(21-27)34(38)39/h6-15,21,29H,3-5,16-20H2,1-2H3,(H,35,36). The summed E-state index contributed by atoms with van der Waals surface area (Å²) < 4.78 is 35.2. The van der Waals surface area contributed by atoms with Crippen LogP contribution < -0.4 is 14.2 Å². The van der Waals surface area contributed by atoms with Gasteiger partial charge in [0.15, 0.2) is 6.10 Å². The van der Waals surface area contributed by atoms with E-state index in [-0.39, 0.29) is 36.8 Å². The van der Waals surface area contributed by atoms with Crippen molar-refractivity contribution >= 4 is 17.7 Å². The van der Waals surface area contributed by atoms with Crippen molar-refractivity contribution in [3.63, 3.8) is 0 Å². The molecule has 0 aliphatic rings. The average Bonchev–Trinajstić information content (AvgIpc) is 2.98. The summed E-state index contributed by atoms with van der Waals surface area (Å²) in [4.78, 5) is 36.6. The van der Waals surface area contributed by atoms with Gasteiger partial charge in [0.1, 0.15) is 29.7 Å². The summed E-state index contributed by atoms with van der Waals surface area (Å²) in [5.74, 6) is -0.268. The van der Waals surface area contributed by atoms with Crippen LogP contribution in [0.1, 0.15) is 30.9 Å². The number of carbonyl (C=O) groups is 2. The van der Waals surface area contributed by atoms with E-state index in [9.17, 15) is 29.2 Å².